The second-order valence-electron chi connectivity index (χ2n) is 5.09. The zero-order valence-corrected chi connectivity index (χ0v) is 16.6. The molecular formula is C16H15AsClNO5S. The summed E-state index contributed by atoms with van der Waals surface area (Å²) < 4.78 is 26.6. The van der Waals surface area contributed by atoms with Gasteiger partial charge in [-0.2, -0.15) is 0 Å². The van der Waals surface area contributed by atoms with E-state index in [0.29, 0.717) is 15.1 Å². The first-order valence-electron chi connectivity index (χ1n) is 7.08. The monoisotopic (exact) mass is 443 g/mol. The van der Waals surface area contributed by atoms with Crippen LogP contribution in [-0.2, 0) is 17.7 Å². The van der Waals surface area contributed by atoms with Crippen molar-refractivity contribution in [2.75, 3.05) is 5.32 Å². The molecule has 1 amide bonds. The number of nitrogens with one attached hydrogen (secondary N) is 1. The van der Waals surface area contributed by atoms with Gasteiger partial charge in [-0.3, -0.25) is 0 Å². The van der Waals surface area contributed by atoms with Gasteiger partial charge in [0.05, 0.1) is 0 Å². The number of benzene rings is 2. The van der Waals surface area contributed by atoms with Crippen LogP contribution in [0, 0.1) is 0 Å². The molecule has 2 aromatic rings. The quantitative estimate of drug-likeness (QED) is 0.666. The molecule has 0 aliphatic heterocycles. The molecule has 6 nitrogen and oxygen atoms in total. The van der Waals surface area contributed by atoms with E-state index in [2.05, 4.69) is 5.32 Å². The van der Waals surface area contributed by atoms with Crippen LogP contribution in [0.3, 0.4) is 0 Å². The van der Waals surface area contributed by atoms with E-state index in [1.807, 2.05) is 0 Å². The number of halogens is 1. The molecule has 1 atom stereocenters. The summed E-state index contributed by atoms with van der Waals surface area (Å²) >= 11 is 2.86. The van der Waals surface area contributed by atoms with Crippen molar-refractivity contribution >= 4 is 55.1 Å². The Hall–Kier alpha value is -1.82. The molecule has 0 aliphatic carbocycles. The molecule has 0 aliphatic rings. The molecule has 0 saturated carbocycles. The standard InChI is InChI=1S/C16H15AsClNO5S/c1-11(20)19-14-6-3-7-15(9-14)25(23,24)17(10-16(21)22)12-4-2-5-13(18)8-12/h2-9H,10H2,1H3,(H,19,20)(H,21,22). The Morgan fingerprint density at radius 3 is 2.44 bits per heavy atom. The third-order valence-corrected chi connectivity index (χ3v) is 14.5. The topological polar surface area (TPSA) is 101 Å². The van der Waals surface area contributed by atoms with E-state index in [-0.39, 0.29) is 10.8 Å². The van der Waals surface area contributed by atoms with Crippen LogP contribution in [0.15, 0.2) is 53.4 Å². The minimum atomic E-state index is -3.87. The first kappa shape index (κ1) is 19.5. The van der Waals surface area contributed by atoms with Crippen molar-refractivity contribution in [2.24, 2.45) is 0 Å². The van der Waals surface area contributed by atoms with Gasteiger partial charge in [0.1, 0.15) is 0 Å². The molecule has 25 heavy (non-hydrogen) atoms. The number of carbonyl (C=O) groups is 2. The molecule has 0 fully saturated rings. The van der Waals surface area contributed by atoms with E-state index in [4.69, 9.17) is 11.6 Å². The normalized spacial score (nSPS) is 12.4. The number of carbonyl (C=O) groups excluding carboxylic acids is 1. The summed E-state index contributed by atoms with van der Waals surface area (Å²) in [6, 6.07) is 12.1. The zero-order chi connectivity index (χ0) is 18.6. The third kappa shape index (κ3) is 5.08. The summed E-state index contributed by atoms with van der Waals surface area (Å²) in [5, 5.41) is 11.6. The average Bonchev–Trinajstić information content (AvgIpc) is 2.52. The van der Waals surface area contributed by atoms with Crippen LogP contribution in [0.5, 0.6) is 0 Å². The summed E-state index contributed by atoms with van der Waals surface area (Å²) in [6.45, 7) is 1.32. The number of carboxylic acid groups (broad SMARTS) is 1. The molecule has 132 valence electrons. The van der Waals surface area contributed by atoms with Gasteiger partial charge in [0, 0.05) is 0 Å². The Kier molecular flexibility index (Phi) is 6.27. The van der Waals surface area contributed by atoms with Crippen molar-refractivity contribution in [3.63, 3.8) is 0 Å². The first-order valence-corrected chi connectivity index (χ1v) is 13.5. The summed E-state index contributed by atoms with van der Waals surface area (Å²) in [4.78, 5) is 22.4. The zero-order valence-electron chi connectivity index (χ0n) is 13.1. The SMILES string of the molecule is CC(=O)Nc1cccc(S(=O)(=O)[As](CC(=O)O)c2cccc(Cl)c2)c1. The van der Waals surface area contributed by atoms with Crippen molar-refractivity contribution in [3.8, 4) is 0 Å². The molecule has 0 heterocycles. The summed E-state index contributed by atoms with van der Waals surface area (Å²) in [5.74, 6) is -1.51. The van der Waals surface area contributed by atoms with Gasteiger partial charge < -0.3 is 0 Å². The van der Waals surface area contributed by atoms with Crippen LogP contribution < -0.4 is 9.67 Å². The number of carboxylic acids is 1. The van der Waals surface area contributed by atoms with Crippen LogP contribution in [-0.4, -0.2) is 38.9 Å². The van der Waals surface area contributed by atoms with E-state index in [1.165, 1.54) is 31.2 Å². The molecule has 0 radical (unpaired) electrons. The molecule has 2 N–H and O–H groups in total. The van der Waals surface area contributed by atoms with Gasteiger partial charge in [-0.25, -0.2) is 0 Å². The Balaban J connectivity index is 2.52. The van der Waals surface area contributed by atoms with Gasteiger partial charge in [-0.15, -0.1) is 0 Å². The fraction of sp³-hybridized carbons (Fsp3) is 0.125. The number of rotatable bonds is 6. The third-order valence-electron chi connectivity index (χ3n) is 3.12. The maximum atomic E-state index is 13.1. The number of aliphatic carboxylic acids is 1. The fourth-order valence-electron chi connectivity index (χ4n) is 2.13. The molecule has 0 spiro atoms. The molecular weight excluding hydrogens is 429 g/mol. The summed E-state index contributed by atoms with van der Waals surface area (Å²) in [7, 11) is -3.87. The Bertz CT molecular complexity index is 916. The van der Waals surface area contributed by atoms with Gasteiger partial charge >= 0.3 is 154 Å². The van der Waals surface area contributed by atoms with Gasteiger partial charge in [0.25, 0.3) is 0 Å². The van der Waals surface area contributed by atoms with Crippen LogP contribution in [0.1, 0.15) is 6.92 Å². The number of hydrogen-bond donors (Lipinski definition) is 2. The Labute approximate surface area is 154 Å². The maximum absolute atomic E-state index is 13.1. The predicted octanol–water partition coefficient (Wildman–Crippen LogP) is 2.06. The van der Waals surface area contributed by atoms with E-state index in [9.17, 15) is 23.1 Å². The van der Waals surface area contributed by atoms with Gasteiger partial charge in [0.2, 0.25) is 0 Å². The number of hydrogen-bond acceptors (Lipinski definition) is 4. The van der Waals surface area contributed by atoms with Crippen LogP contribution in [0.2, 0.25) is 10.2 Å². The second-order valence-corrected chi connectivity index (χ2v) is 15.6. The van der Waals surface area contributed by atoms with E-state index >= 15 is 0 Å². The Morgan fingerprint density at radius 2 is 1.84 bits per heavy atom. The Morgan fingerprint density at radius 1 is 1.16 bits per heavy atom. The van der Waals surface area contributed by atoms with Gasteiger partial charge in [-0.1, -0.05) is 0 Å². The molecule has 0 aromatic heterocycles. The second kappa shape index (κ2) is 8.04. The van der Waals surface area contributed by atoms with E-state index in [1.54, 1.807) is 24.3 Å². The van der Waals surface area contributed by atoms with Crippen molar-refractivity contribution in [1.82, 2.24) is 0 Å². The van der Waals surface area contributed by atoms with Crippen LogP contribution in [0.25, 0.3) is 0 Å². The minimum absolute atomic E-state index is 0.0139. The molecule has 0 bridgehead atoms. The van der Waals surface area contributed by atoms with Gasteiger partial charge in [-0.05, 0) is 0 Å². The summed E-state index contributed by atoms with van der Waals surface area (Å²) in [5.41, 5.74) is 0.337. The number of anilines is 1. The number of amides is 1. The van der Waals surface area contributed by atoms with Crippen LogP contribution >= 0.6 is 11.6 Å². The molecule has 2 rings (SSSR count). The van der Waals surface area contributed by atoms with Crippen molar-refractivity contribution in [2.45, 2.75) is 17.0 Å². The van der Waals surface area contributed by atoms with Gasteiger partial charge in [0.15, 0.2) is 0 Å². The molecule has 2 aromatic carbocycles. The first-order chi connectivity index (χ1) is 11.7. The van der Waals surface area contributed by atoms with E-state index < -0.39 is 32.8 Å². The van der Waals surface area contributed by atoms with Crippen molar-refractivity contribution in [1.29, 1.82) is 0 Å². The predicted molar refractivity (Wildman–Crippen MR) is 97.2 cm³/mol. The summed E-state index contributed by atoms with van der Waals surface area (Å²) in [6.07, 6.45) is 0. The average molecular weight is 444 g/mol. The van der Waals surface area contributed by atoms with E-state index in [0.717, 1.165) is 0 Å². The molecule has 9 heteroatoms. The van der Waals surface area contributed by atoms with Crippen molar-refractivity contribution < 1.29 is 23.1 Å². The molecule has 1 unspecified atom stereocenters. The van der Waals surface area contributed by atoms with Crippen molar-refractivity contribution in [3.05, 3.63) is 53.6 Å². The van der Waals surface area contributed by atoms with Crippen LogP contribution in [0.4, 0.5) is 5.69 Å². The fourth-order valence-corrected chi connectivity index (χ4v) is 12.0. The molecule has 0 saturated heterocycles.